The average molecular weight is 509 g/mol. The molecule has 1 aliphatic carbocycles. The summed E-state index contributed by atoms with van der Waals surface area (Å²) in [6.45, 7) is 13.4. The van der Waals surface area contributed by atoms with Crippen molar-refractivity contribution in [1.82, 2.24) is 33.7 Å². The summed E-state index contributed by atoms with van der Waals surface area (Å²) in [6, 6.07) is 2.05. The van der Waals surface area contributed by atoms with Crippen LogP contribution in [0.3, 0.4) is 0 Å². The Morgan fingerprint density at radius 2 is 1.86 bits per heavy atom. The first kappa shape index (κ1) is 24.6. The van der Waals surface area contributed by atoms with Crippen LogP contribution in [0.1, 0.15) is 58.1 Å². The predicted molar refractivity (Wildman–Crippen MR) is 143 cm³/mol. The van der Waals surface area contributed by atoms with E-state index in [-0.39, 0.29) is 22.9 Å². The van der Waals surface area contributed by atoms with Crippen molar-refractivity contribution in [1.29, 1.82) is 0 Å². The lowest BCUT2D eigenvalue weighted by Gasteiger charge is -2.41. The minimum atomic E-state index is -1.82. The number of rotatable bonds is 5. The van der Waals surface area contributed by atoms with E-state index >= 15 is 0 Å². The lowest BCUT2D eigenvalue weighted by molar-refractivity contribution is 0.118. The highest BCUT2D eigenvalue weighted by Crippen LogP contribution is 2.40. The minimum absolute atomic E-state index is 0.0505. The van der Waals surface area contributed by atoms with E-state index < -0.39 is 8.32 Å². The SMILES string of the molecule is Cc1cc2ncnn2cc1Nc1ncc2c(n1)n([C@H]1CC[C@H](O[Si](C)(C)C(C)(C)C)CC1)c(=O)n2C. The molecule has 1 N–H and O–H groups in total. The van der Waals surface area contributed by atoms with Crippen LogP contribution in [-0.2, 0) is 11.5 Å². The first-order valence-electron chi connectivity index (χ1n) is 12.6. The summed E-state index contributed by atoms with van der Waals surface area (Å²) in [7, 11) is -0.0335. The molecule has 0 spiro atoms. The van der Waals surface area contributed by atoms with Gasteiger partial charge in [0.2, 0.25) is 5.95 Å². The molecule has 4 aromatic heterocycles. The molecule has 0 saturated heterocycles. The number of aryl methyl sites for hydroxylation is 2. The zero-order valence-corrected chi connectivity index (χ0v) is 23.2. The standard InChI is InChI=1S/C25H36N8O2Si/c1-16-12-21-27-15-28-32(21)14-19(16)29-23-26-13-20-22(30-23)33(24(34)31(20)5)17-8-10-18(11-9-17)35-36(6,7)25(2,3)4/h12-15,17-18H,8-11H2,1-7H3,(H,26,29,30)/t17-,18-. The molecule has 0 aromatic carbocycles. The number of nitrogens with one attached hydrogen (secondary N) is 1. The summed E-state index contributed by atoms with van der Waals surface area (Å²) in [5, 5.41) is 7.70. The van der Waals surface area contributed by atoms with Crippen molar-refractivity contribution in [2.75, 3.05) is 5.32 Å². The molecule has 36 heavy (non-hydrogen) atoms. The van der Waals surface area contributed by atoms with Gasteiger partial charge in [-0.25, -0.2) is 19.3 Å². The van der Waals surface area contributed by atoms with Gasteiger partial charge in [-0.2, -0.15) is 10.1 Å². The van der Waals surface area contributed by atoms with E-state index in [1.54, 1.807) is 22.3 Å². The van der Waals surface area contributed by atoms with Gasteiger partial charge in [0.1, 0.15) is 11.8 Å². The van der Waals surface area contributed by atoms with Crippen molar-refractivity contribution in [2.24, 2.45) is 7.05 Å². The summed E-state index contributed by atoms with van der Waals surface area (Å²) < 4.78 is 11.9. The van der Waals surface area contributed by atoms with Crippen molar-refractivity contribution in [3.8, 4) is 0 Å². The average Bonchev–Trinajstić information content (AvgIpc) is 3.35. The summed E-state index contributed by atoms with van der Waals surface area (Å²) >= 11 is 0. The Kier molecular flexibility index (Phi) is 6.02. The van der Waals surface area contributed by atoms with E-state index in [2.05, 4.69) is 54.2 Å². The fourth-order valence-electron chi connectivity index (χ4n) is 4.75. The van der Waals surface area contributed by atoms with Crippen LogP contribution in [-0.4, -0.2) is 48.1 Å². The normalized spacial score (nSPS) is 19.3. The molecule has 4 aromatic rings. The molecule has 5 rings (SSSR count). The van der Waals surface area contributed by atoms with Gasteiger partial charge in [0.05, 0.1) is 18.1 Å². The quantitative estimate of drug-likeness (QED) is 0.389. The Balaban J connectivity index is 1.40. The molecule has 0 amide bonds. The molecular formula is C25H36N8O2Si. The van der Waals surface area contributed by atoms with E-state index in [1.165, 1.54) is 6.33 Å². The van der Waals surface area contributed by atoms with E-state index in [1.807, 2.05) is 23.8 Å². The first-order chi connectivity index (χ1) is 16.9. The largest absolute Gasteiger partial charge is 0.414 e. The van der Waals surface area contributed by atoms with Crippen LogP contribution >= 0.6 is 0 Å². The van der Waals surface area contributed by atoms with Crippen LogP contribution in [0, 0.1) is 6.92 Å². The number of hydrogen-bond donors (Lipinski definition) is 1. The fourth-order valence-corrected chi connectivity index (χ4v) is 6.17. The molecule has 0 aliphatic heterocycles. The van der Waals surface area contributed by atoms with Crippen molar-refractivity contribution >= 4 is 36.8 Å². The fraction of sp³-hybridized carbons (Fsp3) is 0.560. The van der Waals surface area contributed by atoms with Gasteiger partial charge in [-0.15, -0.1) is 0 Å². The number of anilines is 2. The number of nitrogens with zero attached hydrogens (tertiary/aromatic N) is 7. The molecule has 1 aliphatic rings. The molecule has 1 saturated carbocycles. The van der Waals surface area contributed by atoms with E-state index in [9.17, 15) is 4.79 Å². The number of aromatic nitrogens is 7. The van der Waals surface area contributed by atoms with Gasteiger partial charge in [-0.05, 0) is 62.4 Å². The van der Waals surface area contributed by atoms with Gasteiger partial charge in [0.25, 0.3) is 0 Å². The van der Waals surface area contributed by atoms with Crippen molar-refractivity contribution in [3.05, 3.63) is 40.8 Å². The molecule has 192 valence electrons. The maximum atomic E-state index is 13.3. The Labute approximate surface area is 211 Å². The van der Waals surface area contributed by atoms with Crippen LogP contribution in [0.2, 0.25) is 18.1 Å². The van der Waals surface area contributed by atoms with Gasteiger partial charge in [-0.3, -0.25) is 9.13 Å². The van der Waals surface area contributed by atoms with Gasteiger partial charge >= 0.3 is 5.69 Å². The lowest BCUT2D eigenvalue weighted by Crippen LogP contribution is -2.45. The van der Waals surface area contributed by atoms with Crippen LogP contribution in [0.4, 0.5) is 11.6 Å². The number of pyridine rings is 1. The molecule has 0 radical (unpaired) electrons. The molecule has 4 heterocycles. The molecular weight excluding hydrogens is 472 g/mol. The Morgan fingerprint density at radius 1 is 1.14 bits per heavy atom. The third-order valence-corrected chi connectivity index (χ3v) is 12.5. The predicted octanol–water partition coefficient (Wildman–Crippen LogP) is 4.73. The van der Waals surface area contributed by atoms with Crippen LogP contribution < -0.4 is 11.0 Å². The smallest absolute Gasteiger partial charge is 0.330 e. The summed E-state index contributed by atoms with van der Waals surface area (Å²) in [5.74, 6) is 0.444. The Morgan fingerprint density at radius 3 is 2.56 bits per heavy atom. The van der Waals surface area contributed by atoms with Crippen molar-refractivity contribution < 1.29 is 4.43 Å². The highest BCUT2D eigenvalue weighted by Gasteiger charge is 2.40. The number of fused-ring (bicyclic) bond motifs is 2. The zero-order valence-electron chi connectivity index (χ0n) is 22.2. The van der Waals surface area contributed by atoms with Gasteiger partial charge in [-0.1, -0.05) is 20.8 Å². The first-order valence-corrected chi connectivity index (χ1v) is 15.5. The summed E-state index contributed by atoms with van der Waals surface area (Å²) in [5.41, 5.74) is 3.96. The van der Waals surface area contributed by atoms with Gasteiger partial charge in [0, 0.05) is 19.2 Å². The third-order valence-electron chi connectivity index (χ3n) is 7.98. The Hall–Kier alpha value is -3.05. The van der Waals surface area contributed by atoms with E-state index in [0.29, 0.717) is 11.6 Å². The monoisotopic (exact) mass is 508 g/mol. The lowest BCUT2D eigenvalue weighted by atomic mass is 9.93. The highest BCUT2D eigenvalue weighted by molar-refractivity contribution is 6.74. The second kappa shape index (κ2) is 8.81. The van der Waals surface area contributed by atoms with Crippen molar-refractivity contribution in [3.63, 3.8) is 0 Å². The topological polar surface area (TPSA) is 104 Å². The molecule has 0 atom stereocenters. The van der Waals surface area contributed by atoms with E-state index in [4.69, 9.17) is 9.41 Å². The highest BCUT2D eigenvalue weighted by atomic mass is 28.4. The van der Waals surface area contributed by atoms with Crippen LogP contribution in [0.5, 0.6) is 0 Å². The molecule has 0 unspecified atom stereocenters. The maximum absolute atomic E-state index is 13.3. The maximum Gasteiger partial charge on any atom is 0.330 e. The third kappa shape index (κ3) is 4.34. The van der Waals surface area contributed by atoms with Crippen molar-refractivity contribution in [2.45, 2.75) is 83.7 Å². The second-order valence-electron chi connectivity index (χ2n) is 11.5. The Bertz CT molecular complexity index is 1470. The van der Waals surface area contributed by atoms with Crippen LogP contribution in [0.15, 0.2) is 29.6 Å². The summed E-state index contributed by atoms with van der Waals surface area (Å²) in [4.78, 5) is 26.8. The van der Waals surface area contributed by atoms with E-state index in [0.717, 1.165) is 48.1 Å². The second-order valence-corrected chi connectivity index (χ2v) is 16.2. The molecule has 10 nitrogen and oxygen atoms in total. The molecule has 11 heteroatoms. The number of imidazole rings is 1. The van der Waals surface area contributed by atoms with Crippen LogP contribution in [0.25, 0.3) is 16.8 Å². The summed E-state index contributed by atoms with van der Waals surface area (Å²) in [6.07, 6.45) is 9.07. The minimum Gasteiger partial charge on any atom is -0.414 e. The van der Waals surface area contributed by atoms with Gasteiger partial charge in [0.15, 0.2) is 19.6 Å². The molecule has 1 fully saturated rings. The number of hydrogen-bond acceptors (Lipinski definition) is 7. The molecule has 0 bridgehead atoms. The van der Waals surface area contributed by atoms with Gasteiger partial charge < -0.3 is 9.74 Å². The zero-order chi connectivity index (χ0) is 25.8.